The van der Waals surface area contributed by atoms with Gasteiger partial charge in [0, 0.05) is 23.1 Å². The standard InChI is InChI=1S/C14H18N2O2/c1-3-9(14(17)18-2)13(15)11-8-16-12-7-5-4-6-10(11)12/h4-9,13,16H,3,15H2,1-2H3. The first kappa shape index (κ1) is 12.6. The second-order valence-corrected chi connectivity index (χ2v) is 4.35. The van der Waals surface area contributed by atoms with Crippen LogP contribution in [0.2, 0.25) is 0 Å². The Hall–Kier alpha value is -1.81. The molecule has 0 bridgehead atoms. The first-order valence-electron chi connectivity index (χ1n) is 6.08. The van der Waals surface area contributed by atoms with Crippen molar-refractivity contribution in [2.75, 3.05) is 7.11 Å². The van der Waals surface area contributed by atoms with Gasteiger partial charge in [-0.25, -0.2) is 0 Å². The number of aromatic amines is 1. The lowest BCUT2D eigenvalue weighted by Crippen LogP contribution is -2.28. The van der Waals surface area contributed by atoms with Gasteiger partial charge < -0.3 is 15.5 Å². The molecular weight excluding hydrogens is 228 g/mol. The maximum atomic E-state index is 11.7. The van der Waals surface area contributed by atoms with Crippen molar-refractivity contribution in [2.24, 2.45) is 11.7 Å². The molecule has 1 heterocycles. The van der Waals surface area contributed by atoms with Gasteiger partial charge in [-0.05, 0) is 18.1 Å². The number of benzene rings is 1. The molecule has 0 aliphatic rings. The largest absolute Gasteiger partial charge is 0.469 e. The van der Waals surface area contributed by atoms with Crippen LogP contribution in [0.4, 0.5) is 0 Å². The zero-order valence-corrected chi connectivity index (χ0v) is 10.6. The van der Waals surface area contributed by atoms with E-state index in [1.165, 1.54) is 7.11 Å². The molecule has 0 spiro atoms. The number of nitrogens with one attached hydrogen (secondary N) is 1. The maximum Gasteiger partial charge on any atom is 0.310 e. The highest BCUT2D eigenvalue weighted by atomic mass is 16.5. The Morgan fingerprint density at radius 1 is 1.44 bits per heavy atom. The Balaban J connectivity index is 2.38. The molecule has 4 nitrogen and oxygen atoms in total. The number of hydrogen-bond acceptors (Lipinski definition) is 3. The van der Waals surface area contributed by atoms with E-state index in [0.717, 1.165) is 16.5 Å². The van der Waals surface area contributed by atoms with Crippen molar-refractivity contribution in [1.29, 1.82) is 0 Å². The third-order valence-corrected chi connectivity index (χ3v) is 3.36. The molecule has 18 heavy (non-hydrogen) atoms. The van der Waals surface area contributed by atoms with Gasteiger partial charge in [-0.15, -0.1) is 0 Å². The van der Waals surface area contributed by atoms with Crippen LogP contribution in [0, 0.1) is 5.92 Å². The number of aromatic nitrogens is 1. The van der Waals surface area contributed by atoms with Crippen molar-refractivity contribution in [3.63, 3.8) is 0 Å². The maximum absolute atomic E-state index is 11.7. The number of para-hydroxylation sites is 1. The summed E-state index contributed by atoms with van der Waals surface area (Å²) >= 11 is 0. The Morgan fingerprint density at radius 3 is 2.83 bits per heavy atom. The van der Waals surface area contributed by atoms with E-state index in [1.54, 1.807) is 0 Å². The number of carbonyl (C=O) groups is 1. The summed E-state index contributed by atoms with van der Waals surface area (Å²) in [5.41, 5.74) is 8.21. The lowest BCUT2D eigenvalue weighted by Gasteiger charge is -2.19. The molecule has 0 aliphatic carbocycles. The van der Waals surface area contributed by atoms with Crippen LogP contribution in [0.5, 0.6) is 0 Å². The van der Waals surface area contributed by atoms with Gasteiger partial charge in [0.1, 0.15) is 0 Å². The number of ether oxygens (including phenoxy) is 1. The van der Waals surface area contributed by atoms with Gasteiger partial charge in [0.25, 0.3) is 0 Å². The second kappa shape index (κ2) is 5.23. The van der Waals surface area contributed by atoms with Crippen LogP contribution < -0.4 is 5.73 Å². The molecule has 0 saturated heterocycles. The van der Waals surface area contributed by atoms with Gasteiger partial charge in [-0.2, -0.15) is 0 Å². The summed E-state index contributed by atoms with van der Waals surface area (Å²) in [5.74, 6) is -0.565. The Morgan fingerprint density at radius 2 is 2.17 bits per heavy atom. The van der Waals surface area contributed by atoms with Gasteiger partial charge in [-0.1, -0.05) is 25.1 Å². The summed E-state index contributed by atoms with van der Waals surface area (Å²) in [6, 6.07) is 7.58. The van der Waals surface area contributed by atoms with Crippen LogP contribution in [-0.4, -0.2) is 18.1 Å². The van der Waals surface area contributed by atoms with E-state index in [-0.39, 0.29) is 17.9 Å². The Kier molecular flexibility index (Phi) is 3.67. The summed E-state index contributed by atoms with van der Waals surface area (Å²) < 4.78 is 4.81. The number of esters is 1. The third kappa shape index (κ3) is 2.11. The molecule has 0 saturated carbocycles. The lowest BCUT2D eigenvalue weighted by atomic mass is 9.91. The van der Waals surface area contributed by atoms with Crippen molar-refractivity contribution < 1.29 is 9.53 Å². The van der Waals surface area contributed by atoms with Gasteiger partial charge in [-0.3, -0.25) is 4.79 Å². The zero-order valence-electron chi connectivity index (χ0n) is 10.6. The SMILES string of the molecule is CCC(C(=O)OC)C(N)c1c[nH]c2ccccc12. The number of fused-ring (bicyclic) bond motifs is 1. The highest BCUT2D eigenvalue weighted by Crippen LogP contribution is 2.29. The average Bonchev–Trinajstić information content (AvgIpc) is 2.82. The van der Waals surface area contributed by atoms with Crippen LogP contribution in [0.1, 0.15) is 24.9 Å². The fourth-order valence-electron chi connectivity index (χ4n) is 2.31. The van der Waals surface area contributed by atoms with E-state index in [4.69, 9.17) is 10.5 Å². The molecule has 1 aromatic carbocycles. The first-order valence-corrected chi connectivity index (χ1v) is 6.08. The van der Waals surface area contributed by atoms with E-state index in [9.17, 15) is 4.79 Å². The van der Waals surface area contributed by atoms with E-state index >= 15 is 0 Å². The fraction of sp³-hybridized carbons (Fsp3) is 0.357. The smallest absolute Gasteiger partial charge is 0.310 e. The average molecular weight is 246 g/mol. The number of H-pyrrole nitrogens is 1. The molecule has 2 rings (SSSR count). The summed E-state index contributed by atoms with van der Waals surface area (Å²) in [6.07, 6.45) is 2.54. The minimum atomic E-state index is -0.349. The number of hydrogen-bond donors (Lipinski definition) is 2. The highest BCUT2D eigenvalue weighted by Gasteiger charge is 2.27. The van der Waals surface area contributed by atoms with Crippen molar-refractivity contribution >= 4 is 16.9 Å². The normalized spacial score (nSPS) is 14.4. The predicted molar refractivity (Wildman–Crippen MR) is 71.0 cm³/mol. The van der Waals surface area contributed by atoms with E-state index in [1.807, 2.05) is 37.4 Å². The minimum Gasteiger partial charge on any atom is -0.469 e. The quantitative estimate of drug-likeness (QED) is 0.814. The summed E-state index contributed by atoms with van der Waals surface area (Å²) in [6.45, 7) is 1.94. The van der Waals surface area contributed by atoms with Crippen LogP contribution in [0.15, 0.2) is 30.5 Å². The van der Waals surface area contributed by atoms with E-state index in [0.29, 0.717) is 6.42 Å². The number of methoxy groups -OCH3 is 1. The van der Waals surface area contributed by atoms with Crippen molar-refractivity contribution in [2.45, 2.75) is 19.4 Å². The molecule has 96 valence electrons. The van der Waals surface area contributed by atoms with Gasteiger partial charge >= 0.3 is 5.97 Å². The van der Waals surface area contributed by atoms with Crippen LogP contribution in [0.25, 0.3) is 10.9 Å². The number of rotatable bonds is 4. The molecule has 0 amide bonds. The van der Waals surface area contributed by atoms with Crippen LogP contribution in [0.3, 0.4) is 0 Å². The molecule has 4 heteroatoms. The molecule has 0 radical (unpaired) electrons. The van der Waals surface area contributed by atoms with E-state index in [2.05, 4.69) is 4.98 Å². The predicted octanol–water partition coefficient (Wildman–Crippen LogP) is 2.37. The van der Waals surface area contributed by atoms with Gasteiger partial charge in [0.15, 0.2) is 0 Å². The summed E-state index contributed by atoms with van der Waals surface area (Å²) in [4.78, 5) is 14.9. The molecular formula is C14H18N2O2. The molecule has 2 unspecified atom stereocenters. The monoisotopic (exact) mass is 246 g/mol. The molecule has 1 aromatic heterocycles. The molecule has 2 atom stereocenters. The number of nitrogens with two attached hydrogens (primary N) is 1. The third-order valence-electron chi connectivity index (χ3n) is 3.36. The van der Waals surface area contributed by atoms with Gasteiger partial charge in [0.2, 0.25) is 0 Å². The zero-order chi connectivity index (χ0) is 13.1. The van der Waals surface area contributed by atoms with Crippen molar-refractivity contribution in [3.8, 4) is 0 Å². The Labute approximate surface area is 106 Å². The van der Waals surface area contributed by atoms with Gasteiger partial charge in [0.05, 0.1) is 13.0 Å². The topological polar surface area (TPSA) is 68.1 Å². The van der Waals surface area contributed by atoms with E-state index < -0.39 is 0 Å². The summed E-state index contributed by atoms with van der Waals surface area (Å²) in [5, 5.41) is 1.06. The molecule has 2 aromatic rings. The number of carbonyl (C=O) groups excluding carboxylic acids is 1. The molecule has 3 N–H and O–H groups in total. The Bertz CT molecular complexity index is 547. The molecule has 0 aliphatic heterocycles. The molecule has 0 fully saturated rings. The van der Waals surface area contributed by atoms with Crippen LogP contribution in [-0.2, 0) is 9.53 Å². The summed E-state index contributed by atoms with van der Waals surface area (Å²) in [7, 11) is 1.40. The van der Waals surface area contributed by atoms with Crippen LogP contribution >= 0.6 is 0 Å². The second-order valence-electron chi connectivity index (χ2n) is 4.35. The lowest BCUT2D eigenvalue weighted by molar-refractivity contribution is -0.146. The highest BCUT2D eigenvalue weighted by molar-refractivity contribution is 5.84. The fourth-order valence-corrected chi connectivity index (χ4v) is 2.31. The minimum absolute atomic E-state index is 0.254. The first-order chi connectivity index (χ1) is 8.69. The van der Waals surface area contributed by atoms with Crippen molar-refractivity contribution in [1.82, 2.24) is 4.98 Å². The van der Waals surface area contributed by atoms with Crippen molar-refractivity contribution in [3.05, 3.63) is 36.0 Å².